The van der Waals surface area contributed by atoms with Crippen LogP contribution in [-0.4, -0.2) is 5.88 Å². The molecule has 0 aliphatic carbocycles. The summed E-state index contributed by atoms with van der Waals surface area (Å²) >= 11 is 5.71. The smallest absolute Gasteiger partial charge is 0.123 e. The summed E-state index contributed by atoms with van der Waals surface area (Å²) in [5, 5.41) is 0. The lowest BCUT2D eigenvalue weighted by atomic mass is 9.98. The van der Waals surface area contributed by atoms with E-state index in [4.69, 9.17) is 11.6 Å². The molecule has 2 rings (SSSR count). The lowest BCUT2D eigenvalue weighted by molar-refractivity contribution is 0.627. The topological polar surface area (TPSA) is 0 Å². The molecule has 2 aromatic carbocycles. The second-order valence-electron chi connectivity index (χ2n) is 3.79. The van der Waals surface area contributed by atoms with Crippen LogP contribution in [0.15, 0.2) is 54.6 Å². The van der Waals surface area contributed by atoms with E-state index in [1.807, 2.05) is 0 Å². The third-order valence-electron chi connectivity index (χ3n) is 2.55. The quantitative estimate of drug-likeness (QED) is 0.709. The number of benzene rings is 2. The van der Waals surface area contributed by atoms with Crippen molar-refractivity contribution in [2.45, 2.75) is 0 Å². The Kier molecular flexibility index (Phi) is 4.11. The van der Waals surface area contributed by atoms with Crippen molar-refractivity contribution in [2.75, 3.05) is 5.88 Å². The molecule has 0 fully saturated rings. The summed E-state index contributed by atoms with van der Waals surface area (Å²) in [4.78, 5) is 0. The average molecular weight is 265 g/mol. The van der Waals surface area contributed by atoms with Crippen LogP contribution in [0.5, 0.6) is 0 Å². The maximum absolute atomic E-state index is 13.2. The second-order valence-corrected chi connectivity index (χ2v) is 4.10. The minimum atomic E-state index is -0.329. The van der Waals surface area contributed by atoms with E-state index in [0.717, 1.165) is 5.57 Å². The molecule has 18 heavy (non-hydrogen) atoms. The minimum Gasteiger partial charge on any atom is -0.207 e. The Morgan fingerprint density at radius 1 is 0.944 bits per heavy atom. The highest BCUT2D eigenvalue weighted by Crippen LogP contribution is 2.24. The Bertz CT molecular complexity index is 529. The van der Waals surface area contributed by atoms with Gasteiger partial charge in [0.25, 0.3) is 0 Å². The second kappa shape index (κ2) is 5.78. The Morgan fingerprint density at radius 2 is 1.44 bits per heavy atom. The number of rotatable bonds is 3. The van der Waals surface area contributed by atoms with Crippen LogP contribution in [0.4, 0.5) is 8.78 Å². The van der Waals surface area contributed by atoms with Crippen LogP contribution >= 0.6 is 11.6 Å². The van der Waals surface area contributed by atoms with E-state index in [2.05, 4.69) is 0 Å². The Balaban J connectivity index is 2.50. The van der Waals surface area contributed by atoms with E-state index in [-0.39, 0.29) is 17.5 Å². The molecule has 0 unspecified atom stereocenters. The molecule has 0 spiro atoms. The summed E-state index contributed by atoms with van der Waals surface area (Å²) in [5.74, 6) is -0.378. The summed E-state index contributed by atoms with van der Waals surface area (Å²) in [6, 6.07) is 12.3. The van der Waals surface area contributed by atoms with Crippen molar-refractivity contribution in [2.24, 2.45) is 0 Å². The molecular formula is C15H11ClF2. The fraction of sp³-hybridized carbons (Fsp3) is 0.0667. The van der Waals surface area contributed by atoms with Gasteiger partial charge in [-0.05, 0) is 41.0 Å². The third-order valence-corrected chi connectivity index (χ3v) is 2.71. The number of halogens is 3. The Hall–Kier alpha value is -1.67. The standard InChI is InChI=1S/C15H11ClF2/c16-8-7-15(11-3-1-5-13(17)9-11)12-4-2-6-14(18)10-12/h1-7,9-10H,8H2. The van der Waals surface area contributed by atoms with Crippen LogP contribution in [-0.2, 0) is 0 Å². The van der Waals surface area contributed by atoms with Gasteiger partial charge in [0.15, 0.2) is 0 Å². The molecule has 0 aliphatic heterocycles. The van der Waals surface area contributed by atoms with Gasteiger partial charge in [-0.15, -0.1) is 11.6 Å². The van der Waals surface area contributed by atoms with Crippen LogP contribution in [0.25, 0.3) is 5.57 Å². The van der Waals surface area contributed by atoms with Crippen LogP contribution in [0.3, 0.4) is 0 Å². The number of hydrogen-bond acceptors (Lipinski definition) is 0. The van der Waals surface area contributed by atoms with Crippen molar-refractivity contribution in [1.29, 1.82) is 0 Å². The van der Waals surface area contributed by atoms with Crippen molar-refractivity contribution >= 4 is 17.2 Å². The molecule has 0 atom stereocenters. The number of hydrogen-bond donors (Lipinski definition) is 0. The summed E-state index contributed by atoms with van der Waals surface area (Å²) in [6.45, 7) is 0. The fourth-order valence-electron chi connectivity index (χ4n) is 1.79. The first-order chi connectivity index (χ1) is 8.70. The molecule has 92 valence electrons. The largest absolute Gasteiger partial charge is 0.207 e. The first-order valence-electron chi connectivity index (χ1n) is 5.48. The first kappa shape index (κ1) is 12.8. The minimum absolute atomic E-state index is 0.280. The van der Waals surface area contributed by atoms with E-state index in [9.17, 15) is 8.78 Å². The molecule has 0 radical (unpaired) electrons. The normalized spacial score (nSPS) is 10.2. The van der Waals surface area contributed by atoms with Gasteiger partial charge in [-0.3, -0.25) is 0 Å². The zero-order valence-electron chi connectivity index (χ0n) is 9.54. The van der Waals surface area contributed by atoms with Gasteiger partial charge in [0.2, 0.25) is 0 Å². The molecule has 0 N–H and O–H groups in total. The van der Waals surface area contributed by atoms with Gasteiger partial charge in [-0.1, -0.05) is 30.3 Å². The molecular weight excluding hydrogens is 254 g/mol. The molecule has 0 saturated carbocycles. The number of alkyl halides is 1. The van der Waals surface area contributed by atoms with Gasteiger partial charge in [0.05, 0.1) is 0 Å². The van der Waals surface area contributed by atoms with Crippen LogP contribution < -0.4 is 0 Å². The lowest BCUT2D eigenvalue weighted by Crippen LogP contribution is -1.91. The Morgan fingerprint density at radius 3 is 1.83 bits per heavy atom. The highest BCUT2D eigenvalue weighted by atomic mass is 35.5. The first-order valence-corrected chi connectivity index (χ1v) is 6.02. The van der Waals surface area contributed by atoms with Gasteiger partial charge in [-0.25, -0.2) is 8.78 Å². The molecule has 0 aliphatic rings. The molecule has 3 heteroatoms. The predicted molar refractivity (Wildman–Crippen MR) is 70.6 cm³/mol. The number of allylic oxidation sites excluding steroid dienone is 1. The highest BCUT2D eigenvalue weighted by Gasteiger charge is 2.06. The zero-order valence-corrected chi connectivity index (χ0v) is 10.3. The van der Waals surface area contributed by atoms with E-state index < -0.39 is 0 Å². The van der Waals surface area contributed by atoms with Crippen molar-refractivity contribution < 1.29 is 8.78 Å². The lowest BCUT2D eigenvalue weighted by Gasteiger charge is -2.08. The van der Waals surface area contributed by atoms with Gasteiger partial charge in [0.1, 0.15) is 11.6 Å². The molecule has 0 nitrogen and oxygen atoms in total. The van der Waals surface area contributed by atoms with Gasteiger partial charge in [0, 0.05) is 5.88 Å². The van der Waals surface area contributed by atoms with Crippen molar-refractivity contribution in [1.82, 2.24) is 0 Å². The third kappa shape index (κ3) is 2.96. The van der Waals surface area contributed by atoms with Crippen molar-refractivity contribution in [3.63, 3.8) is 0 Å². The Labute approximate surface area is 110 Å². The van der Waals surface area contributed by atoms with Crippen molar-refractivity contribution in [3.8, 4) is 0 Å². The molecule has 2 aromatic rings. The molecule has 0 saturated heterocycles. The molecule has 0 aromatic heterocycles. The van der Waals surface area contributed by atoms with E-state index in [1.54, 1.807) is 30.3 Å². The van der Waals surface area contributed by atoms with Crippen LogP contribution in [0, 0.1) is 11.6 Å². The van der Waals surface area contributed by atoms with Crippen molar-refractivity contribution in [3.05, 3.63) is 77.4 Å². The van der Waals surface area contributed by atoms with Crippen LogP contribution in [0.1, 0.15) is 11.1 Å². The average Bonchev–Trinajstić information content (AvgIpc) is 2.36. The molecule has 0 heterocycles. The summed E-state index contributed by atoms with van der Waals surface area (Å²) in [7, 11) is 0. The summed E-state index contributed by atoms with van der Waals surface area (Å²) < 4.78 is 26.5. The predicted octanol–water partition coefficient (Wildman–Crippen LogP) is 4.64. The van der Waals surface area contributed by atoms with Gasteiger partial charge < -0.3 is 0 Å². The fourth-order valence-corrected chi connectivity index (χ4v) is 1.95. The maximum atomic E-state index is 13.2. The van der Waals surface area contributed by atoms with E-state index in [0.29, 0.717) is 11.1 Å². The highest BCUT2D eigenvalue weighted by molar-refractivity contribution is 6.19. The van der Waals surface area contributed by atoms with Gasteiger partial charge >= 0.3 is 0 Å². The zero-order chi connectivity index (χ0) is 13.0. The van der Waals surface area contributed by atoms with Crippen LogP contribution in [0.2, 0.25) is 0 Å². The van der Waals surface area contributed by atoms with E-state index in [1.165, 1.54) is 24.3 Å². The summed E-state index contributed by atoms with van der Waals surface area (Å²) in [6.07, 6.45) is 1.74. The maximum Gasteiger partial charge on any atom is 0.123 e. The monoisotopic (exact) mass is 264 g/mol. The summed E-state index contributed by atoms with van der Waals surface area (Å²) in [5.41, 5.74) is 2.09. The molecule has 0 amide bonds. The van der Waals surface area contributed by atoms with E-state index >= 15 is 0 Å². The molecule has 0 bridgehead atoms. The SMILES string of the molecule is Fc1cccc(C(=CCCl)c2cccc(F)c2)c1. The van der Waals surface area contributed by atoms with Gasteiger partial charge in [-0.2, -0.15) is 0 Å².